The Morgan fingerprint density at radius 3 is 2.00 bits per heavy atom. The van der Waals surface area contributed by atoms with Crippen molar-refractivity contribution in [2.75, 3.05) is 14.2 Å². The number of hydrogen-bond acceptors (Lipinski definition) is 4. The third kappa shape index (κ3) is 3.82. The van der Waals surface area contributed by atoms with E-state index in [1.54, 1.807) is 0 Å². The highest BCUT2D eigenvalue weighted by Crippen LogP contribution is 2.37. The van der Waals surface area contributed by atoms with E-state index in [1.807, 2.05) is 26.0 Å². The van der Waals surface area contributed by atoms with Crippen LogP contribution in [0.2, 0.25) is 0 Å². The lowest BCUT2D eigenvalue weighted by molar-refractivity contribution is 0.339. The molecule has 1 aromatic rings. The van der Waals surface area contributed by atoms with Crippen LogP contribution in [-0.2, 0) is 6.42 Å². The SMILES string of the molecule is COc1cc(CCC(C)(C)N)cc(OC)c1O. The third-order valence-corrected chi connectivity index (χ3v) is 2.60. The molecule has 0 fully saturated rings. The summed E-state index contributed by atoms with van der Waals surface area (Å²) in [6.07, 6.45) is 1.67. The van der Waals surface area contributed by atoms with E-state index in [-0.39, 0.29) is 11.3 Å². The maximum absolute atomic E-state index is 9.77. The van der Waals surface area contributed by atoms with Gasteiger partial charge in [0.25, 0.3) is 0 Å². The summed E-state index contributed by atoms with van der Waals surface area (Å²) in [5.74, 6) is 0.883. The first-order valence-electron chi connectivity index (χ1n) is 5.60. The number of benzene rings is 1. The van der Waals surface area contributed by atoms with Gasteiger partial charge in [0.2, 0.25) is 5.75 Å². The lowest BCUT2D eigenvalue weighted by Gasteiger charge is -2.18. The number of ether oxygens (including phenoxy) is 2. The van der Waals surface area contributed by atoms with Crippen LogP contribution in [0.25, 0.3) is 0 Å². The molecule has 0 spiro atoms. The van der Waals surface area contributed by atoms with E-state index in [0.717, 1.165) is 18.4 Å². The molecule has 0 radical (unpaired) electrons. The highest BCUT2D eigenvalue weighted by Gasteiger charge is 2.14. The normalized spacial score (nSPS) is 11.4. The predicted molar refractivity (Wildman–Crippen MR) is 67.8 cm³/mol. The highest BCUT2D eigenvalue weighted by molar-refractivity contribution is 5.52. The van der Waals surface area contributed by atoms with Gasteiger partial charge in [-0.15, -0.1) is 0 Å². The molecule has 1 rings (SSSR count). The van der Waals surface area contributed by atoms with Gasteiger partial charge in [0.15, 0.2) is 11.5 Å². The van der Waals surface area contributed by atoms with Crippen LogP contribution in [-0.4, -0.2) is 24.9 Å². The molecule has 0 heterocycles. The van der Waals surface area contributed by atoms with Crippen LogP contribution in [0.4, 0.5) is 0 Å². The molecular formula is C13H21NO3. The fraction of sp³-hybridized carbons (Fsp3) is 0.538. The molecule has 96 valence electrons. The molecule has 0 amide bonds. The van der Waals surface area contributed by atoms with Crippen molar-refractivity contribution in [2.45, 2.75) is 32.2 Å². The molecule has 0 aromatic heterocycles. The van der Waals surface area contributed by atoms with Crippen molar-refractivity contribution >= 4 is 0 Å². The zero-order valence-corrected chi connectivity index (χ0v) is 10.9. The lowest BCUT2D eigenvalue weighted by atomic mass is 9.96. The fourth-order valence-corrected chi connectivity index (χ4v) is 1.56. The smallest absolute Gasteiger partial charge is 0.200 e. The van der Waals surface area contributed by atoms with Gasteiger partial charge in [-0.05, 0) is 44.4 Å². The maximum atomic E-state index is 9.77. The Morgan fingerprint density at radius 2 is 1.65 bits per heavy atom. The molecule has 0 unspecified atom stereocenters. The van der Waals surface area contributed by atoms with E-state index in [2.05, 4.69) is 0 Å². The van der Waals surface area contributed by atoms with Gasteiger partial charge in [-0.1, -0.05) is 0 Å². The van der Waals surface area contributed by atoms with Gasteiger partial charge in [-0.2, -0.15) is 0 Å². The van der Waals surface area contributed by atoms with Gasteiger partial charge in [-0.25, -0.2) is 0 Å². The first kappa shape index (κ1) is 13.6. The Kier molecular flexibility index (Phi) is 4.23. The van der Waals surface area contributed by atoms with E-state index < -0.39 is 0 Å². The average molecular weight is 239 g/mol. The molecule has 4 heteroatoms. The van der Waals surface area contributed by atoms with Crippen LogP contribution in [0.5, 0.6) is 17.2 Å². The molecule has 3 N–H and O–H groups in total. The Morgan fingerprint density at radius 1 is 1.18 bits per heavy atom. The van der Waals surface area contributed by atoms with Gasteiger partial charge in [0, 0.05) is 5.54 Å². The van der Waals surface area contributed by atoms with E-state index >= 15 is 0 Å². The van der Waals surface area contributed by atoms with Crippen LogP contribution < -0.4 is 15.2 Å². The van der Waals surface area contributed by atoms with Gasteiger partial charge in [-0.3, -0.25) is 0 Å². The van der Waals surface area contributed by atoms with Crippen molar-refractivity contribution in [3.63, 3.8) is 0 Å². The summed E-state index contributed by atoms with van der Waals surface area (Å²) in [5, 5.41) is 9.77. The molecule has 17 heavy (non-hydrogen) atoms. The summed E-state index contributed by atoms with van der Waals surface area (Å²) in [6.45, 7) is 3.98. The molecule has 0 saturated carbocycles. The van der Waals surface area contributed by atoms with Crippen molar-refractivity contribution in [3.05, 3.63) is 17.7 Å². The largest absolute Gasteiger partial charge is 0.502 e. The van der Waals surface area contributed by atoms with E-state index in [4.69, 9.17) is 15.2 Å². The van der Waals surface area contributed by atoms with Crippen LogP contribution in [0.15, 0.2) is 12.1 Å². The van der Waals surface area contributed by atoms with Crippen LogP contribution in [0.1, 0.15) is 25.8 Å². The Bertz CT molecular complexity index is 358. The van der Waals surface area contributed by atoms with Gasteiger partial charge >= 0.3 is 0 Å². The molecule has 0 aliphatic heterocycles. The van der Waals surface area contributed by atoms with Gasteiger partial charge in [0.05, 0.1) is 14.2 Å². The third-order valence-electron chi connectivity index (χ3n) is 2.60. The first-order valence-corrected chi connectivity index (χ1v) is 5.60. The summed E-state index contributed by atoms with van der Waals surface area (Å²) in [4.78, 5) is 0. The minimum atomic E-state index is -0.210. The van der Waals surface area contributed by atoms with Gasteiger partial charge in [0.1, 0.15) is 0 Å². The van der Waals surface area contributed by atoms with Gasteiger partial charge < -0.3 is 20.3 Å². The number of phenolic OH excluding ortho intramolecular Hbond substituents is 1. The van der Waals surface area contributed by atoms with Crippen LogP contribution in [0, 0.1) is 0 Å². The predicted octanol–water partition coefficient (Wildman–Crippen LogP) is 2.08. The maximum Gasteiger partial charge on any atom is 0.200 e. The monoisotopic (exact) mass is 239 g/mol. The molecule has 0 saturated heterocycles. The number of aromatic hydroxyl groups is 1. The summed E-state index contributed by atoms with van der Waals surface area (Å²) < 4.78 is 10.2. The molecule has 1 aromatic carbocycles. The minimum absolute atomic E-state index is 0.0331. The number of phenols is 1. The summed E-state index contributed by atoms with van der Waals surface area (Å²) >= 11 is 0. The number of aryl methyl sites for hydroxylation is 1. The standard InChI is InChI=1S/C13H21NO3/c1-13(2,14)6-5-9-7-10(16-3)12(15)11(8-9)17-4/h7-8,15H,5-6,14H2,1-4H3. The summed E-state index contributed by atoms with van der Waals surface area (Å²) in [7, 11) is 3.04. The number of hydrogen-bond donors (Lipinski definition) is 2. The second-order valence-corrected chi connectivity index (χ2v) is 4.84. The summed E-state index contributed by atoms with van der Waals surface area (Å²) in [5.41, 5.74) is 6.77. The zero-order valence-electron chi connectivity index (χ0n) is 10.9. The van der Waals surface area contributed by atoms with Crippen LogP contribution in [0.3, 0.4) is 0 Å². The quantitative estimate of drug-likeness (QED) is 0.825. The Hall–Kier alpha value is -1.42. The van der Waals surface area contributed by atoms with E-state index in [0.29, 0.717) is 11.5 Å². The molecule has 0 aliphatic carbocycles. The Labute approximate surface area is 102 Å². The number of nitrogens with two attached hydrogens (primary N) is 1. The Balaban J connectivity index is 2.93. The summed E-state index contributed by atoms with van der Waals surface area (Å²) in [6, 6.07) is 3.62. The van der Waals surface area contributed by atoms with Crippen molar-refractivity contribution < 1.29 is 14.6 Å². The number of rotatable bonds is 5. The molecular weight excluding hydrogens is 218 g/mol. The zero-order chi connectivity index (χ0) is 13.1. The van der Waals surface area contributed by atoms with Crippen molar-refractivity contribution in [3.8, 4) is 17.2 Å². The highest BCUT2D eigenvalue weighted by atomic mass is 16.5. The number of methoxy groups -OCH3 is 2. The van der Waals surface area contributed by atoms with Crippen LogP contribution >= 0.6 is 0 Å². The fourth-order valence-electron chi connectivity index (χ4n) is 1.56. The van der Waals surface area contributed by atoms with E-state index in [1.165, 1.54) is 14.2 Å². The molecule has 0 aliphatic rings. The molecule has 0 bridgehead atoms. The van der Waals surface area contributed by atoms with E-state index in [9.17, 15) is 5.11 Å². The van der Waals surface area contributed by atoms with Crippen molar-refractivity contribution in [1.29, 1.82) is 0 Å². The minimum Gasteiger partial charge on any atom is -0.502 e. The average Bonchev–Trinajstić information content (AvgIpc) is 2.26. The van der Waals surface area contributed by atoms with Crippen molar-refractivity contribution in [1.82, 2.24) is 0 Å². The second kappa shape index (κ2) is 5.27. The molecule has 0 atom stereocenters. The molecule has 4 nitrogen and oxygen atoms in total. The lowest BCUT2D eigenvalue weighted by Crippen LogP contribution is -2.32. The second-order valence-electron chi connectivity index (χ2n) is 4.84. The topological polar surface area (TPSA) is 64.7 Å². The van der Waals surface area contributed by atoms with Crippen molar-refractivity contribution in [2.24, 2.45) is 5.73 Å². The first-order chi connectivity index (χ1) is 7.87.